The second-order valence-corrected chi connectivity index (χ2v) is 7.27. The Bertz CT molecular complexity index is 623. The molecule has 0 aromatic carbocycles. The molecule has 2 heterocycles. The molecule has 0 saturated heterocycles. The monoisotopic (exact) mass is 465 g/mol. The number of hydrogen-bond donors (Lipinski definition) is 1. The number of guanidine groups is 1. The summed E-state index contributed by atoms with van der Waals surface area (Å²) in [6.07, 6.45) is 3.96. The minimum Gasteiger partial charge on any atom is -0.356 e. The topological polar surface area (TPSA) is 53.4 Å². The van der Waals surface area contributed by atoms with Crippen molar-refractivity contribution in [3.8, 4) is 0 Å². The summed E-state index contributed by atoms with van der Waals surface area (Å²) >= 11 is 3.47. The van der Waals surface area contributed by atoms with Crippen molar-refractivity contribution in [3.63, 3.8) is 0 Å². The van der Waals surface area contributed by atoms with Crippen LogP contribution in [0.1, 0.15) is 27.5 Å². The molecule has 2 rings (SSSR count). The first-order chi connectivity index (χ1) is 10.6. The van der Waals surface area contributed by atoms with Crippen molar-refractivity contribution < 1.29 is 0 Å². The van der Waals surface area contributed by atoms with E-state index in [4.69, 9.17) is 0 Å². The summed E-state index contributed by atoms with van der Waals surface area (Å²) < 4.78 is 0. The van der Waals surface area contributed by atoms with Crippen LogP contribution in [0.15, 0.2) is 16.6 Å². The largest absolute Gasteiger partial charge is 0.356 e. The molecule has 0 unspecified atom stereocenters. The molecule has 0 spiro atoms. The van der Waals surface area contributed by atoms with E-state index in [2.05, 4.69) is 37.5 Å². The fraction of sp³-hybridized carbons (Fsp3) is 0.533. The van der Waals surface area contributed by atoms with Crippen LogP contribution in [0.2, 0.25) is 0 Å². The van der Waals surface area contributed by atoms with Crippen molar-refractivity contribution in [2.45, 2.75) is 33.2 Å². The first kappa shape index (κ1) is 20.3. The van der Waals surface area contributed by atoms with Gasteiger partial charge in [-0.25, -0.2) is 9.97 Å². The lowest BCUT2D eigenvalue weighted by Gasteiger charge is -2.21. The molecule has 0 aliphatic rings. The van der Waals surface area contributed by atoms with Crippen LogP contribution in [0.25, 0.3) is 0 Å². The van der Waals surface area contributed by atoms with Crippen molar-refractivity contribution >= 4 is 52.6 Å². The molecule has 0 amide bonds. The molecule has 2 aromatic heterocycles. The van der Waals surface area contributed by atoms with E-state index in [0.29, 0.717) is 0 Å². The molecule has 1 N–H and O–H groups in total. The van der Waals surface area contributed by atoms with Gasteiger partial charge in [0, 0.05) is 43.5 Å². The highest BCUT2D eigenvalue weighted by atomic mass is 127. The zero-order valence-corrected chi connectivity index (χ0v) is 18.0. The van der Waals surface area contributed by atoms with Gasteiger partial charge in [-0.05, 0) is 13.3 Å². The van der Waals surface area contributed by atoms with E-state index in [1.165, 1.54) is 9.88 Å². The molecule has 0 bridgehead atoms. The minimum absolute atomic E-state index is 0. The standard InChI is InChI=1S/C15H23N5S2.HI/c1-5-13-8-18-14(22-13)6-7-17-15(16-3)20(4)9-12-10-21-11(2)19-12;/h8,10H,5-7,9H2,1-4H3,(H,16,17);1H. The van der Waals surface area contributed by atoms with Crippen LogP contribution >= 0.6 is 46.7 Å². The summed E-state index contributed by atoms with van der Waals surface area (Å²) in [5.74, 6) is 0.887. The third kappa shape index (κ3) is 6.34. The van der Waals surface area contributed by atoms with Crippen LogP contribution < -0.4 is 5.32 Å². The lowest BCUT2D eigenvalue weighted by molar-refractivity contribution is 0.471. The van der Waals surface area contributed by atoms with Gasteiger partial charge in [-0.15, -0.1) is 46.7 Å². The second kappa shape index (κ2) is 10.2. The third-order valence-electron chi connectivity index (χ3n) is 3.21. The van der Waals surface area contributed by atoms with E-state index in [0.717, 1.165) is 42.6 Å². The fourth-order valence-corrected chi connectivity index (χ4v) is 3.56. The van der Waals surface area contributed by atoms with E-state index >= 15 is 0 Å². The predicted molar refractivity (Wildman–Crippen MR) is 110 cm³/mol. The first-order valence-corrected chi connectivity index (χ1v) is 9.08. The number of nitrogens with zero attached hydrogens (tertiary/aromatic N) is 4. The van der Waals surface area contributed by atoms with Gasteiger partial charge in [0.15, 0.2) is 5.96 Å². The number of aromatic nitrogens is 2. The molecule has 0 radical (unpaired) electrons. The predicted octanol–water partition coefficient (Wildman–Crippen LogP) is 3.34. The summed E-state index contributed by atoms with van der Waals surface area (Å²) in [4.78, 5) is 16.7. The Labute approximate surface area is 163 Å². The van der Waals surface area contributed by atoms with Crippen LogP contribution in [-0.2, 0) is 19.4 Å². The summed E-state index contributed by atoms with van der Waals surface area (Å²) in [7, 11) is 3.84. The molecule has 5 nitrogen and oxygen atoms in total. The van der Waals surface area contributed by atoms with E-state index in [1.807, 2.05) is 27.2 Å². The highest BCUT2D eigenvalue weighted by Crippen LogP contribution is 2.13. The van der Waals surface area contributed by atoms with E-state index < -0.39 is 0 Å². The number of halogens is 1. The Morgan fingerprint density at radius 1 is 1.43 bits per heavy atom. The zero-order chi connectivity index (χ0) is 15.9. The number of rotatable bonds is 6. The van der Waals surface area contributed by atoms with Crippen LogP contribution in [0.4, 0.5) is 0 Å². The molecular weight excluding hydrogens is 441 g/mol. The Balaban J connectivity index is 0.00000264. The lowest BCUT2D eigenvalue weighted by Crippen LogP contribution is -2.39. The minimum atomic E-state index is 0. The van der Waals surface area contributed by atoms with Crippen molar-refractivity contribution in [3.05, 3.63) is 32.2 Å². The molecule has 0 fully saturated rings. The number of aryl methyl sites for hydroxylation is 2. The number of thiazole rings is 2. The number of hydrogen-bond acceptors (Lipinski definition) is 5. The highest BCUT2D eigenvalue weighted by Gasteiger charge is 2.09. The number of nitrogens with one attached hydrogen (secondary N) is 1. The lowest BCUT2D eigenvalue weighted by atomic mass is 10.4. The van der Waals surface area contributed by atoms with Crippen LogP contribution in [0, 0.1) is 6.92 Å². The maximum atomic E-state index is 4.49. The molecule has 0 saturated carbocycles. The molecule has 128 valence electrons. The Kier molecular flexibility index (Phi) is 9.00. The van der Waals surface area contributed by atoms with Crippen LogP contribution in [0.5, 0.6) is 0 Å². The molecule has 23 heavy (non-hydrogen) atoms. The van der Waals surface area contributed by atoms with Gasteiger partial charge in [-0.3, -0.25) is 4.99 Å². The Morgan fingerprint density at radius 2 is 2.22 bits per heavy atom. The second-order valence-electron chi connectivity index (χ2n) is 5.01. The van der Waals surface area contributed by atoms with Gasteiger partial charge < -0.3 is 10.2 Å². The van der Waals surface area contributed by atoms with Crippen molar-refractivity contribution in [2.75, 3.05) is 20.6 Å². The molecule has 0 aliphatic carbocycles. The van der Waals surface area contributed by atoms with Gasteiger partial charge in [0.1, 0.15) is 0 Å². The number of aliphatic imine (C=N–C) groups is 1. The van der Waals surface area contributed by atoms with Gasteiger partial charge in [-0.2, -0.15) is 0 Å². The van der Waals surface area contributed by atoms with Crippen molar-refractivity contribution in [2.24, 2.45) is 4.99 Å². The van der Waals surface area contributed by atoms with Gasteiger partial charge in [0.2, 0.25) is 0 Å². The quantitative estimate of drug-likeness (QED) is 0.404. The van der Waals surface area contributed by atoms with Crippen molar-refractivity contribution in [1.82, 2.24) is 20.2 Å². The Morgan fingerprint density at radius 3 is 2.78 bits per heavy atom. The normalized spacial score (nSPS) is 11.2. The first-order valence-electron chi connectivity index (χ1n) is 7.38. The van der Waals surface area contributed by atoms with Gasteiger partial charge in [0.25, 0.3) is 0 Å². The van der Waals surface area contributed by atoms with Gasteiger partial charge >= 0.3 is 0 Å². The zero-order valence-electron chi connectivity index (χ0n) is 14.0. The van der Waals surface area contributed by atoms with E-state index in [9.17, 15) is 0 Å². The highest BCUT2D eigenvalue weighted by molar-refractivity contribution is 14.0. The van der Waals surface area contributed by atoms with Crippen LogP contribution in [-0.4, -0.2) is 41.5 Å². The van der Waals surface area contributed by atoms with Gasteiger partial charge in [-0.1, -0.05) is 6.92 Å². The molecule has 8 heteroatoms. The average Bonchev–Trinajstić information content (AvgIpc) is 3.12. The fourth-order valence-electron chi connectivity index (χ4n) is 2.09. The summed E-state index contributed by atoms with van der Waals surface area (Å²) in [5.41, 5.74) is 1.08. The Hall–Kier alpha value is -0.740. The maximum Gasteiger partial charge on any atom is 0.193 e. The molecule has 2 aromatic rings. The van der Waals surface area contributed by atoms with E-state index in [-0.39, 0.29) is 24.0 Å². The van der Waals surface area contributed by atoms with Crippen molar-refractivity contribution in [1.29, 1.82) is 0 Å². The third-order valence-corrected chi connectivity index (χ3v) is 5.23. The molecule has 0 atom stereocenters. The summed E-state index contributed by atoms with van der Waals surface area (Å²) in [6, 6.07) is 0. The average molecular weight is 465 g/mol. The van der Waals surface area contributed by atoms with Crippen LogP contribution in [0.3, 0.4) is 0 Å². The summed E-state index contributed by atoms with van der Waals surface area (Å²) in [5, 5.41) is 7.77. The molecule has 0 aliphatic heterocycles. The maximum absolute atomic E-state index is 4.49. The van der Waals surface area contributed by atoms with E-state index in [1.54, 1.807) is 22.7 Å². The SMILES string of the molecule is CCc1cnc(CCNC(=NC)N(C)Cc2csc(C)n2)s1.I. The molecular formula is C15H24IN5S2. The smallest absolute Gasteiger partial charge is 0.193 e. The van der Waals surface area contributed by atoms with Gasteiger partial charge in [0.05, 0.1) is 22.3 Å². The summed E-state index contributed by atoms with van der Waals surface area (Å²) in [6.45, 7) is 5.79.